The van der Waals surface area contributed by atoms with Gasteiger partial charge in [-0.3, -0.25) is 4.79 Å². The van der Waals surface area contributed by atoms with Crippen LogP contribution in [0.4, 0.5) is 0 Å². The lowest BCUT2D eigenvalue weighted by Crippen LogP contribution is -2.33. The Bertz CT molecular complexity index is 1120. The number of rotatable bonds is 4. The zero-order valence-corrected chi connectivity index (χ0v) is 16.9. The molecule has 0 unspecified atom stereocenters. The lowest BCUT2D eigenvalue weighted by molar-refractivity contribution is -0.132. The molecule has 2 fully saturated rings. The number of likely N-dealkylation sites (tertiary alicyclic amines) is 1. The first kappa shape index (κ1) is 17.8. The number of aryl methyl sites for hydroxylation is 1. The Morgan fingerprint density at radius 3 is 2.53 bits per heavy atom. The second-order valence-electron chi connectivity index (χ2n) is 8.46. The third-order valence-corrected chi connectivity index (χ3v) is 6.65. The molecule has 1 saturated heterocycles. The van der Waals surface area contributed by atoms with Gasteiger partial charge in [-0.2, -0.15) is 9.50 Å². The second kappa shape index (κ2) is 6.75. The summed E-state index contributed by atoms with van der Waals surface area (Å²) in [5.41, 5.74) is 2.99. The van der Waals surface area contributed by atoms with Gasteiger partial charge in [-0.15, -0.1) is 15.3 Å². The van der Waals surface area contributed by atoms with Gasteiger partial charge in [-0.05, 0) is 57.3 Å². The van der Waals surface area contributed by atoms with E-state index >= 15 is 0 Å². The molecular weight excluding hydrogens is 386 g/mol. The fraction of sp³-hybridized carbons (Fsp3) is 0.600. The highest BCUT2D eigenvalue weighted by molar-refractivity contribution is 5.78. The summed E-state index contributed by atoms with van der Waals surface area (Å²) in [5, 5.41) is 17.3. The topological polar surface area (TPSA) is 112 Å². The van der Waals surface area contributed by atoms with E-state index in [1.165, 1.54) is 0 Å². The molecule has 0 spiro atoms. The number of nitrogens with zero attached hydrogens (tertiary/aromatic N) is 7. The number of fused-ring (bicyclic) bond motifs is 3. The minimum atomic E-state index is -0.000538. The third kappa shape index (κ3) is 2.69. The lowest BCUT2D eigenvalue weighted by atomic mass is 9.67. The van der Waals surface area contributed by atoms with E-state index in [1.807, 2.05) is 4.90 Å². The standard InChI is InChI=1S/C20H23N7O3/c1-11-21-20(30-25-11)18-23-22-17-15-12-4-6-13(7-5-12)16(15)19(24-27(17)18)29-10-14(28)26-8-2-3-9-26/h12-13H,2-10H2,1H3. The molecule has 0 N–H and O–H groups in total. The van der Waals surface area contributed by atoms with E-state index in [1.54, 1.807) is 11.4 Å². The van der Waals surface area contributed by atoms with Crippen molar-refractivity contribution in [1.82, 2.24) is 34.9 Å². The van der Waals surface area contributed by atoms with Gasteiger partial charge in [0.2, 0.25) is 11.7 Å². The molecule has 3 aliphatic carbocycles. The molecule has 10 heteroatoms. The van der Waals surface area contributed by atoms with Crippen LogP contribution in [0.25, 0.3) is 17.4 Å². The van der Waals surface area contributed by atoms with Crippen LogP contribution in [0.3, 0.4) is 0 Å². The molecule has 0 aromatic carbocycles. The molecule has 2 bridgehead atoms. The van der Waals surface area contributed by atoms with Gasteiger partial charge in [0.25, 0.3) is 11.8 Å². The van der Waals surface area contributed by atoms with E-state index in [-0.39, 0.29) is 18.4 Å². The van der Waals surface area contributed by atoms with Gasteiger partial charge in [0.1, 0.15) is 0 Å². The average Bonchev–Trinajstić information content (AvgIpc) is 3.53. The van der Waals surface area contributed by atoms with E-state index in [9.17, 15) is 4.79 Å². The number of aromatic nitrogens is 6. The van der Waals surface area contributed by atoms with Crippen LogP contribution >= 0.6 is 0 Å². The molecule has 0 radical (unpaired) electrons. The van der Waals surface area contributed by atoms with Gasteiger partial charge in [0.05, 0.1) is 0 Å². The predicted molar refractivity (Wildman–Crippen MR) is 104 cm³/mol. The molecule has 10 nitrogen and oxygen atoms in total. The normalized spacial score (nSPS) is 22.6. The molecule has 4 aliphatic rings. The minimum Gasteiger partial charge on any atom is -0.466 e. The van der Waals surface area contributed by atoms with Crippen LogP contribution < -0.4 is 4.74 Å². The first-order valence-corrected chi connectivity index (χ1v) is 10.7. The summed E-state index contributed by atoms with van der Waals surface area (Å²) in [6.45, 7) is 3.37. The summed E-state index contributed by atoms with van der Waals surface area (Å²) in [4.78, 5) is 18.7. The van der Waals surface area contributed by atoms with E-state index in [2.05, 4.69) is 20.3 Å². The van der Waals surface area contributed by atoms with Crippen LogP contribution in [0.1, 0.15) is 67.3 Å². The summed E-state index contributed by atoms with van der Waals surface area (Å²) in [7, 11) is 0. The van der Waals surface area contributed by atoms with Crippen molar-refractivity contribution in [3.05, 3.63) is 17.0 Å². The van der Waals surface area contributed by atoms with E-state index < -0.39 is 0 Å². The van der Waals surface area contributed by atoms with Gasteiger partial charge in [0.15, 0.2) is 18.1 Å². The lowest BCUT2D eigenvalue weighted by Gasteiger charge is -2.38. The number of hydrogen-bond donors (Lipinski definition) is 0. The zero-order valence-electron chi connectivity index (χ0n) is 16.9. The second-order valence-corrected chi connectivity index (χ2v) is 8.46. The summed E-state index contributed by atoms with van der Waals surface area (Å²) in [6, 6.07) is 0. The van der Waals surface area contributed by atoms with Gasteiger partial charge in [-0.25, -0.2) is 0 Å². The van der Waals surface area contributed by atoms with Gasteiger partial charge in [0, 0.05) is 24.2 Å². The van der Waals surface area contributed by atoms with Crippen molar-refractivity contribution in [2.45, 2.75) is 57.3 Å². The van der Waals surface area contributed by atoms with Crippen LogP contribution in [-0.4, -0.2) is 60.5 Å². The Kier molecular flexibility index (Phi) is 4.00. The molecule has 1 amide bonds. The zero-order chi connectivity index (χ0) is 20.2. The number of carbonyl (C=O) groups is 1. The highest BCUT2D eigenvalue weighted by atomic mass is 16.5. The van der Waals surface area contributed by atoms with Crippen molar-refractivity contribution in [3.63, 3.8) is 0 Å². The molecule has 0 atom stereocenters. The van der Waals surface area contributed by atoms with Gasteiger partial charge >= 0.3 is 0 Å². The number of carbonyl (C=O) groups excluding carboxylic acids is 1. The molecule has 4 heterocycles. The Morgan fingerprint density at radius 1 is 1.10 bits per heavy atom. The van der Waals surface area contributed by atoms with Crippen molar-refractivity contribution in [1.29, 1.82) is 0 Å². The monoisotopic (exact) mass is 409 g/mol. The van der Waals surface area contributed by atoms with Gasteiger partial charge < -0.3 is 14.2 Å². The molecule has 1 saturated carbocycles. The summed E-state index contributed by atoms with van der Waals surface area (Å²) in [5.74, 6) is 2.51. The van der Waals surface area contributed by atoms with Crippen LogP contribution in [-0.2, 0) is 4.79 Å². The average molecular weight is 409 g/mol. The van der Waals surface area contributed by atoms with Crippen molar-refractivity contribution in [2.75, 3.05) is 19.7 Å². The van der Waals surface area contributed by atoms with Crippen LogP contribution in [0.15, 0.2) is 4.52 Å². The Balaban J connectivity index is 1.44. The summed E-state index contributed by atoms with van der Waals surface area (Å²) >= 11 is 0. The molecule has 30 heavy (non-hydrogen) atoms. The first-order valence-electron chi connectivity index (χ1n) is 10.7. The smallest absolute Gasteiger partial charge is 0.297 e. The van der Waals surface area contributed by atoms with Crippen LogP contribution in [0, 0.1) is 6.92 Å². The molecular formula is C20H23N7O3. The minimum absolute atomic E-state index is 0.000538. The first-order chi connectivity index (χ1) is 14.7. The Labute approximate surface area is 172 Å². The van der Waals surface area contributed by atoms with Crippen molar-refractivity contribution < 1.29 is 14.1 Å². The Morgan fingerprint density at radius 2 is 1.83 bits per heavy atom. The van der Waals surface area contributed by atoms with Crippen molar-refractivity contribution in [2.24, 2.45) is 0 Å². The predicted octanol–water partition coefficient (Wildman–Crippen LogP) is 2.24. The fourth-order valence-electron chi connectivity index (χ4n) is 5.21. The maximum absolute atomic E-state index is 12.6. The molecule has 7 rings (SSSR count). The number of amides is 1. The number of hydrogen-bond acceptors (Lipinski definition) is 8. The quantitative estimate of drug-likeness (QED) is 0.645. The molecule has 3 aromatic rings. The maximum Gasteiger partial charge on any atom is 0.297 e. The van der Waals surface area contributed by atoms with E-state index in [4.69, 9.17) is 14.4 Å². The largest absolute Gasteiger partial charge is 0.466 e. The highest BCUT2D eigenvalue weighted by Crippen LogP contribution is 2.53. The Hall–Kier alpha value is -3.04. The molecule has 3 aromatic heterocycles. The van der Waals surface area contributed by atoms with Crippen molar-refractivity contribution in [3.8, 4) is 17.6 Å². The molecule has 156 valence electrons. The number of ether oxygens (including phenoxy) is 1. The third-order valence-electron chi connectivity index (χ3n) is 6.65. The van der Waals surface area contributed by atoms with Gasteiger partial charge in [-0.1, -0.05) is 5.16 Å². The van der Waals surface area contributed by atoms with E-state index in [0.29, 0.717) is 29.4 Å². The highest BCUT2D eigenvalue weighted by Gasteiger charge is 2.39. The van der Waals surface area contributed by atoms with Crippen molar-refractivity contribution >= 4 is 11.6 Å². The summed E-state index contributed by atoms with van der Waals surface area (Å²) in [6.07, 6.45) is 6.62. The maximum atomic E-state index is 12.6. The SMILES string of the molecule is Cc1noc(-c2nnc3c4c(c(OCC(=O)N5CCCC5)nn23)C2CCC4CC2)n1. The van der Waals surface area contributed by atoms with E-state index in [0.717, 1.165) is 68.4 Å². The summed E-state index contributed by atoms with van der Waals surface area (Å²) < 4.78 is 13.0. The van der Waals surface area contributed by atoms with Crippen LogP contribution in [0.2, 0.25) is 0 Å². The van der Waals surface area contributed by atoms with Crippen LogP contribution in [0.5, 0.6) is 5.88 Å². The molecule has 1 aliphatic heterocycles. The fourth-order valence-corrected chi connectivity index (χ4v) is 5.21.